The largest absolute Gasteiger partial charge is 0.491 e. The van der Waals surface area contributed by atoms with Gasteiger partial charge in [0.1, 0.15) is 5.75 Å². The predicted molar refractivity (Wildman–Crippen MR) is 46.9 cm³/mol. The molecular formula is C10H11NO. The van der Waals surface area contributed by atoms with E-state index in [1.54, 1.807) is 12.1 Å². The van der Waals surface area contributed by atoms with E-state index in [2.05, 4.69) is 6.07 Å². The zero-order chi connectivity index (χ0) is 8.97. The van der Waals surface area contributed by atoms with Gasteiger partial charge in [-0.2, -0.15) is 5.26 Å². The first-order valence-electron chi connectivity index (χ1n) is 3.89. The second-order valence-electron chi connectivity index (χ2n) is 2.81. The molecule has 0 saturated heterocycles. The van der Waals surface area contributed by atoms with Crippen LogP contribution >= 0.6 is 0 Å². The molecule has 1 rings (SSSR count). The molecule has 0 fully saturated rings. The minimum Gasteiger partial charge on any atom is -0.491 e. The SMILES string of the molecule is CC(C)Oc1cccc(C#N)c1. The van der Waals surface area contributed by atoms with Gasteiger partial charge in [-0.25, -0.2) is 0 Å². The van der Waals surface area contributed by atoms with Crippen molar-refractivity contribution in [1.29, 1.82) is 5.26 Å². The molecule has 0 unspecified atom stereocenters. The summed E-state index contributed by atoms with van der Waals surface area (Å²) in [4.78, 5) is 0. The van der Waals surface area contributed by atoms with Crippen LogP contribution in [0.25, 0.3) is 0 Å². The third kappa shape index (κ3) is 2.28. The van der Waals surface area contributed by atoms with E-state index < -0.39 is 0 Å². The Hall–Kier alpha value is -1.49. The summed E-state index contributed by atoms with van der Waals surface area (Å²) in [5.74, 6) is 0.754. The van der Waals surface area contributed by atoms with Crippen molar-refractivity contribution in [3.8, 4) is 11.8 Å². The summed E-state index contributed by atoms with van der Waals surface area (Å²) in [5, 5.41) is 8.59. The van der Waals surface area contributed by atoms with E-state index in [1.165, 1.54) is 0 Å². The van der Waals surface area contributed by atoms with Gasteiger partial charge in [-0.1, -0.05) is 6.07 Å². The van der Waals surface area contributed by atoms with E-state index >= 15 is 0 Å². The standard InChI is InChI=1S/C10H11NO/c1-8(2)12-10-5-3-4-9(6-10)7-11/h3-6,8H,1-2H3. The molecule has 0 aliphatic heterocycles. The zero-order valence-electron chi connectivity index (χ0n) is 7.24. The molecule has 0 saturated carbocycles. The Bertz CT molecular complexity index is 299. The third-order valence-electron chi connectivity index (χ3n) is 1.33. The molecule has 0 aliphatic carbocycles. The molecule has 2 nitrogen and oxygen atoms in total. The Morgan fingerprint density at radius 2 is 2.17 bits per heavy atom. The summed E-state index contributed by atoms with van der Waals surface area (Å²) in [7, 11) is 0. The molecule has 2 heteroatoms. The van der Waals surface area contributed by atoms with Crippen LogP contribution in [0.15, 0.2) is 24.3 Å². The van der Waals surface area contributed by atoms with E-state index in [0.717, 1.165) is 5.75 Å². The molecule has 1 aromatic carbocycles. The third-order valence-corrected chi connectivity index (χ3v) is 1.33. The average Bonchev–Trinajstić information content (AvgIpc) is 2.03. The molecule has 12 heavy (non-hydrogen) atoms. The molecule has 1 aromatic rings. The summed E-state index contributed by atoms with van der Waals surface area (Å²) in [6, 6.07) is 9.22. The van der Waals surface area contributed by atoms with E-state index in [0.29, 0.717) is 5.56 Å². The molecule has 0 amide bonds. The Balaban J connectivity index is 2.81. The molecule has 0 aliphatic rings. The lowest BCUT2D eigenvalue weighted by molar-refractivity contribution is 0.242. The van der Waals surface area contributed by atoms with Gasteiger partial charge in [0.05, 0.1) is 17.7 Å². The fourth-order valence-corrected chi connectivity index (χ4v) is 0.911. The first-order chi connectivity index (χ1) is 5.72. The van der Waals surface area contributed by atoms with E-state index in [9.17, 15) is 0 Å². The summed E-state index contributed by atoms with van der Waals surface area (Å²) in [6.07, 6.45) is 0.152. The van der Waals surface area contributed by atoms with Crippen LogP contribution in [0.2, 0.25) is 0 Å². The summed E-state index contributed by atoms with van der Waals surface area (Å²) in [6.45, 7) is 3.91. The minimum absolute atomic E-state index is 0.152. The van der Waals surface area contributed by atoms with Crippen LogP contribution in [-0.2, 0) is 0 Å². The van der Waals surface area contributed by atoms with Crippen molar-refractivity contribution in [3.05, 3.63) is 29.8 Å². The van der Waals surface area contributed by atoms with Crippen molar-refractivity contribution in [2.75, 3.05) is 0 Å². The van der Waals surface area contributed by atoms with E-state index in [-0.39, 0.29) is 6.10 Å². The van der Waals surface area contributed by atoms with Gasteiger partial charge < -0.3 is 4.74 Å². The maximum atomic E-state index is 8.59. The highest BCUT2D eigenvalue weighted by molar-refractivity contribution is 5.36. The maximum absolute atomic E-state index is 8.59. The first kappa shape index (κ1) is 8.61. The van der Waals surface area contributed by atoms with Gasteiger partial charge in [-0.3, -0.25) is 0 Å². The topological polar surface area (TPSA) is 33.0 Å². The van der Waals surface area contributed by atoms with Crippen molar-refractivity contribution in [2.24, 2.45) is 0 Å². The van der Waals surface area contributed by atoms with Crippen molar-refractivity contribution in [2.45, 2.75) is 20.0 Å². The van der Waals surface area contributed by atoms with Crippen LogP contribution in [0.5, 0.6) is 5.75 Å². The maximum Gasteiger partial charge on any atom is 0.121 e. The predicted octanol–water partition coefficient (Wildman–Crippen LogP) is 2.35. The lowest BCUT2D eigenvalue weighted by Crippen LogP contribution is -2.05. The van der Waals surface area contributed by atoms with Gasteiger partial charge in [-0.15, -0.1) is 0 Å². The molecule has 0 radical (unpaired) electrons. The Morgan fingerprint density at radius 3 is 2.75 bits per heavy atom. The van der Waals surface area contributed by atoms with Crippen LogP contribution < -0.4 is 4.74 Å². The molecule has 0 spiro atoms. The number of hydrogen-bond acceptors (Lipinski definition) is 2. The average molecular weight is 161 g/mol. The normalized spacial score (nSPS) is 9.50. The van der Waals surface area contributed by atoms with Crippen molar-refractivity contribution < 1.29 is 4.74 Å². The number of nitrogens with zero attached hydrogens (tertiary/aromatic N) is 1. The molecule has 0 N–H and O–H groups in total. The van der Waals surface area contributed by atoms with Crippen LogP contribution in [0.3, 0.4) is 0 Å². The Morgan fingerprint density at radius 1 is 1.42 bits per heavy atom. The van der Waals surface area contributed by atoms with Gasteiger partial charge in [0, 0.05) is 0 Å². The van der Waals surface area contributed by atoms with E-state index in [4.69, 9.17) is 10.00 Å². The summed E-state index contributed by atoms with van der Waals surface area (Å²) in [5.41, 5.74) is 0.633. The van der Waals surface area contributed by atoms with Gasteiger partial charge in [0.2, 0.25) is 0 Å². The first-order valence-corrected chi connectivity index (χ1v) is 3.89. The molecule has 62 valence electrons. The van der Waals surface area contributed by atoms with Gasteiger partial charge in [-0.05, 0) is 32.0 Å². The molecule has 0 bridgehead atoms. The Kier molecular flexibility index (Phi) is 2.71. The number of benzene rings is 1. The molecule has 0 aromatic heterocycles. The van der Waals surface area contributed by atoms with Gasteiger partial charge in [0.15, 0.2) is 0 Å². The lowest BCUT2D eigenvalue weighted by atomic mass is 10.2. The smallest absolute Gasteiger partial charge is 0.121 e. The number of ether oxygens (including phenoxy) is 1. The summed E-state index contributed by atoms with van der Waals surface area (Å²) >= 11 is 0. The fourth-order valence-electron chi connectivity index (χ4n) is 0.911. The second kappa shape index (κ2) is 3.77. The highest BCUT2D eigenvalue weighted by atomic mass is 16.5. The van der Waals surface area contributed by atoms with Crippen LogP contribution in [0, 0.1) is 11.3 Å². The molecule has 0 atom stereocenters. The number of nitriles is 1. The van der Waals surface area contributed by atoms with Crippen molar-refractivity contribution in [3.63, 3.8) is 0 Å². The van der Waals surface area contributed by atoms with Gasteiger partial charge in [0.25, 0.3) is 0 Å². The molecule has 0 heterocycles. The summed E-state index contributed by atoms with van der Waals surface area (Å²) < 4.78 is 5.41. The zero-order valence-corrected chi connectivity index (χ0v) is 7.24. The molecular weight excluding hydrogens is 150 g/mol. The minimum atomic E-state index is 0.152. The van der Waals surface area contributed by atoms with E-state index in [1.807, 2.05) is 26.0 Å². The second-order valence-corrected chi connectivity index (χ2v) is 2.81. The quantitative estimate of drug-likeness (QED) is 0.667. The van der Waals surface area contributed by atoms with Crippen LogP contribution in [0.4, 0.5) is 0 Å². The lowest BCUT2D eigenvalue weighted by Gasteiger charge is -2.08. The van der Waals surface area contributed by atoms with Crippen molar-refractivity contribution in [1.82, 2.24) is 0 Å². The number of hydrogen-bond donors (Lipinski definition) is 0. The highest BCUT2D eigenvalue weighted by Crippen LogP contribution is 2.13. The monoisotopic (exact) mass is 161 g/mol. The van der Waals surface area contributed by atoms with Gasteiger partial charge >= 0.3 is 0 Å². The number of rotatable bonds is 2. The highest BCUT2D eigenvalue weighted by Gasteiger charge is 1.97. The van der Waals surface area contributed by atoms with Crippen molar-refractivity contribution >= 4 is 0 Å². The Labute approximate surface area is 72.4 Å². The fraction of sp³-hybridized carbons (Fsp3) is 0.300. The van der Waals surface area contributed by atoms with Crippen LogP contribution in [-0.4, -0.2) is 6.10 Å². The van der Waals surface area contributed by atoms with Crippen LogP contribution in [0.1, 0.15) is 19.4 Å².